The van der Waals surface area contributed by atoms with Crippen molar-refractivity contribution in [3.05, 3.63) is 46.7 Å². The second-order valence-corrected chi connectivity index (χ2v) is 9.16. The molecular formula is C25H34F3N5O4. The lowest BCUT2D eigenvalue weighted by atomic mass is 9.90. The minimum Gasteiger partial charge on any atom is -0.463 e. The number of rotatable bonds is 7. The van der Waals surface area contributed by atoms with Gasteiger partial charge in [0.15, 0.2) is 0 Å². The van der Waals surface area contributed by atoms with Gasteiger partial charge in [0.2, 0.25) is 0 Å². The highest BCUT2D eigenvalue weighted by Gasteiger charge is 2.43. The Morgan fingerprint density at radius 3 is 2.35 bits per heavy atom. The molecule has 1 aromatic rings. The molecule has 2 heterocycles. The fourth-order valence-electron chi connectivity index (χ4n) is 4.56. The second-order valence-electron chi connectivity index (χ2n) is 9.16. The normalized spacial score (nSPS) is 19.2. The summed E-state index contributed by atoms with van der Waals surface area (Å²) in [5.74, 6) is -0.784. The lowest BCUT2D eigenvalue weighted by Crippen LogP contribution is -2.55. The molecular weight excluding hydrogens is 491 g/mol. The number of carbonyl (C=O) groups excluding carboxylic acids is 3. The highest BCUT2D eigenvalue weighted by molar-refractivity contribution is 5.95. The van der Waals surface area contributed by atoms with Gasteiger partial charge in [0.05, 0.1) is 23.8 Å². The molecule has 2 aliphatic rings. The molecule has 1 fully saturated rings. The third-order valence-electron chi connectivity index (χ3n) is 6.27. The Morgan fingerprint density at radius 1 is 1.14 bits per heavy atom. The molecule has 0 bridgehead atoms. The van der Waals surface area contributed by atoms with Crippen LogP contribution >= 0.6 is 0 Å². The molecule has 0 saturated carbocycles. The highest BCUT2D eigenvalue weighted by Crippen LogP contribution is 2.39. The summed E-state index contributed by atoms with van der Waals surface area (Å²) in [6.45, 7) is 9.23. The zero-order chi connectivity index (χ0) is 27.3. The quantitative estimate of drug-likeness (QED) is 0.533. The number of alkyl halides is 3. The van der Waals surface area contributed by atoms with Gasteiger partial charge in [0.25, 0.3) is 0 Å². The maximum Gasteiger partial charge on any atom is 0.416 e. The van der Waals surface area contributed by atoms with Crippen LogP contribution in [0, 0.1) is 0 Å². The number of esters is 1. The van der Waals surface area contributed by atoms with Gasteiger partial charge < -0.3 is 20.3 Å². The molecule has 0 aliphatic carbocycles. The second kappa shape index (κ2) is 11.8. The van der Waals surface area contributed by atoms with E-state index in [2.05, 4.69) is 10.6 Å². The van der Waals surface area contributed by atoms with Crippen LogP contribution < -0.4 is 10.6 Å². The first-order valence-corrected chi connectivity index (χ1v) is 12.4. The molecule has 9 nitrogen and oxygen atoms in total. The number of ether oxygens (including phenoxy) is 1. The van der Waals surface area contributed by atoms with E-state index in [4.69, 9.17) is 4.74 Å². The molecule has 12 heteroatoms. The monoisotopic (exact) mass is 525 g/mol. The molecule has 1 saturated heterocycles. The van der Waals surface area contributed by atoms with E-state index in [1.807, 2.05) is 18.7 Å². The zero-order valence-corrected chi connectivity index (χ0v) is 21.5. The number of carbonyl (C=O) groups is 3. The Balaban J connectivity index is 2.00. The Kier molecular flexibility index (Phi) is 9.06. The van der Waals surface area contributed by atoms with Crippen LogP contribution in [-0.4, -0.2) is 84.6 Å². The van der Waals surface area contributed by atoms with E-state index in [1.165, 1.54) is 23.1 Å². The Morgan fingerprint density at radius 2 is 1.78 bits per heavy atom. The van der Waals surface area contributed by atoms with Gasteiger partial charge >= 0.3 is 24.2 Å². The van der Waals surface area contributed by atoms with Gasteiger partial charge in [-0.3, -0.25) is 9.80 Å². The molecule has 0 aromatic heterocycles. The first-order valence-electron chi connectivity index (χ1n) is 12.4. The van der Waals surface area contributed by atoms with Crippen LogP contribution in [0.25, 0.3) is 0 Å². The number of hydrogen-bond donors (Lipinski definition) is 2. The SMILES string of the molecule is CCOC(=O)C1=C(CN2CCN(C(=O)NC(C)C)CC2)N(CC)C(=O)NC1c1ccccc1C(F)(F)F. The van der Waals surface area contributed by atoms with Gasteiger partial charge in [-0.2, -0.15) is 13.2 Å². The first-order chi connectivity index (χ1) is 17.5. The van der Waals surface area contributed by atoms with E-state index < -0.39 is 29.8 Å². The molecule has 1 unspecified atom stereocenters. The summed E-state index contributed by atoms with van der Waals surface area (Å²) in [7, 11) is 0. The topological polar surface area (TPSA) is 94.2 Å². The maximum atomic E-state index is 13.9. The third-order valence-corrected chi connectivity index (χ3v) is 6.27. The molecule has 4 amide bonds. The molecule has 204 valence electrons. The van der Waals surface area contributed by atoms with E-state index >= 15 is 0 Å². The van der Waals surface area contributed by atoms with Gasteiger partial charge in [0, 0.05) is 51.0 Å². The third kappa shape index (κ3) is 6.54. The predicted molar refractivity (Wildman–Crippen MR) is 130 cm³/mol. The number of hydrogen-bond acceptors (Lipinski definition) is 5. The Bertz CT molecular complexity index is 1040. The fraction of sp³-hybridized carbons (Fsp3) is 0.560. The van der Waals surface area contributed by atoms with Crippen molar-refractivity contribution in [3.63, 3.8) is 0 Å². The molecule has 0 radical (unpaired) electrons. The minimum atomic E-state index is -4.68. The summed E-state index contributed by atoms with van der Waals surface area (Å²) in [6.07, 6.45) is -4.68. The lowest BCUT2D eigenvalue weighted by molar-refractivity contribution is -0.141. The van der Waals surface area contributed by atoms with E-state index in [-0.39, 0.29) is 42.9 Å². The standard InChI is InChI=1S/C25H34F3N5O4/c1-5-33-19(15-31-11-13-32(14-12-31)23(35)29-16(3)4)20(22(34)37-6-2)21(30-24(33)36)17-9-7-8-10-18(17)25(26,27)28/h7-10,16,21H,5-6,11-15H2,1-4H3,(H,29,35)(H,30,36). The van der Waals surface area contributed by atoms with Crippen LogP contribution in [0.1, 0.15) is 44.9 Å². The molecule has 37 heavy (non-hydrogen) atoms. The number of nitrogens with zero attached hydrogens (tertiary/aromatic N) is 3. The first kappa shape index (κ1) is 28.3. The molecule has 1 atom stereocenters. The van der Waals surface area contributed by atoms with Gasteiger partial charge in [-0.25, -0.2) is 14.4 Å². The van der Waals surface area contributed by atoms with Crippen molar-refractivity contribution >= 4 is 18.0 Å². The van der Waals surface area contributed by atoms with Crippen molar-refractivity contribution in [1.82, 2.24) is 25.3 Å². The summed E-state index contributed by atoms with van der Waals surface area (Å²) >= 11 is 0. The maximum absolute atomic E-state index is 13.9. The molecule has 1 aromatic carbocycles. The van der Waals surface area contributed by atoms with Crippen LogP contribution in [0.5, 0.6) is 0 Å². The van der Waals surface area contributed by atoms with E-state index in [9.17, 15) is 27.6 Å². The van der Waals surface area contributed by atoms with Gasteiger partial charge in [0.1, 0.15) is 0 Å². The average molecular weight is 526 g/mol. The number of urea groups is 2. The molecule has 0 spiro atoms. The fourth-order valence-corrected chi connectivity index (χ4v) is 4.56. The summed E-state index contributed by atoms with van der Waals surface area (Å²) in [5.41, 5.74) is -0.891. The lowest BCUT2D eigenvalue weighted by Gasteiger charge is -2.40. The molecule has 2 N–H and O–H groups in total. The van der Waals surface area contributed by atoms with Crippen molar-refractivity contribution < 1.29 is 32.3 Å². The Hall–Kier alpha value is -3.28. The summed E-state index contributed by atoms with van der Waals surface area (Å²) in [5, 5.41) is 5.44. The van der Waals surface area contributed by atoms with Crippen molar-refractivity contribution in [3.8, 4) is 0 Å². The van der Waals surface area contributed by atoms with Crippen molar-refractivity contribution in [1.29, 1.82) is 0 Å². The zero-order valence-electron chi connectivity index (χ0n) is 21.5. The average Bonchev–Trinajstić information content (AvgIpc) is 2.83. The molecule has 3 rings (SSSR count). The van der Waals surface area contributed by atoms with E-state index in [0.717, 1.165) is 6.07 Å². The number of likely N-dealkylation sites (N-methyl/N-ethyl adjacent to an activating group) is 1. The number of benzene rings is 1. The van der Waals surface area contributed by atoms with Crippen LogP contribution in [0.4, 0.5) is 22.8 Å². The highest BCUT2D eigenvalue weighted by atomic mass is 19.4. The van der Waals surface area contributed by atoms with E-state index in [1.54, 1.807) is 18.7 Å². The number of nitrogens with one attached hydrogen (secondary N) is 2. The number of piperazine rings is 1. The van der Waals surface area contributed by atoms with Crippen LogP contribution in [0.15, 0.2) is 35.5 Å². The predicted octanol–water partition coefficient (Wildman–Crippen LogP) is 3.34. The number of halogens is 3. The van der Waals surface area contributed by atoms with Crippen molar-refractivity contribution in [2.24, 2.45) is 0 Å². The van der Waals surface area contributed by atoms with Gasteiger partial charge in [-0.15, -0.1) is 0 Å². The van der Waals surface area contributed by atoms with Crippen LogP contribution in [0.3, 0.4) is 0 Å². The van der Waals surface area contributed by atoms with Crippen LogP contribution in [0.2, 0.25) is 0 Å². The number of amides is 4. The summed E-state index contributed by atoms with van der Waals surface area (Å²) in [4.78, 5) is 43.6. The van der Waals surface area contributed by atoms with Gasteiger partial charge in [-0.05, 0) is 39.3 Å². The van der Waals surface area contributed by atoms with Crippen molar-refractivity contribution in [2.45, 2.75) is 46.0 Å². The van der Waals surface area contributed by atoms with Crippen molar-refractivity contribution in [2.75, 3.05) is 45.9 Å². The van der Waals surface area contributed by atoms with E-state index in [0.29, 0.717) is 31.9 Å². The van der Waals surface area contributed by atoms with Crippen LogP contribution in [-0.2, 0) is 15.7 Å². The largest absolute Gasteiger partial charge is 0.463 e. The van der Waals surface area contributed by atoms with Gasteiger partial charge in [-0.1, -0.05) is 18.2 Å². The smallest absolute Gasteiger partial charge is 0.416 e. The minimum absolute atomic E-state index is 0.00167. The Labute approximate surface area is 214 Å². The summed E-state index contributed by atoms with van der Waals surface area (Å²) < 4.78 is 46.9. The summed E-state index contributed by atoms with van der Waals surface area (Å²) in [6, 6.07) is 2.79. The molecule has 2 aliphatic heterocycles.